The van der Waals surface area contributed by atoms with Gasteiger partial charge in [0.05, 0.1) is 24.8 Å². The van der Waals surface area contributed by atoms with Crippen LogP contribution in [0.2, 0.25) is 0 Å². The third kappa shape index (κ3) is 6.14. The summed E-state index contributed by atoms with van der Waals surface area (Å²) in [5.74, 6) is 0.807. The monoisotopic (exact) mass is 466 g/mol. The number of amides is 1. The van der Waals surface area contributed by atoms with Crippen molar-refractivity contribution in [3.63, 3.8) is 0 Å². The second kappa shape index (κ2) is 10.2. The average Bonchev–Trinajstić information content (AvgIpc) is 2.79. The SMILES string of the molecule is COc1ccc(/C=C/C(=O)Nc2ccc(S(=O)(=O)Nc3ccc(C)cc3C)cc2)cc1OC. The molecule has 3 rings (SSSR count). The second-order valence-electron chi connectivity index (χ2n) is 7.39. The minimum atomic E-state index is -3.75. The van der Waals surface area contributed by atoms with E-state index in [0.717, 1.165) is 16.7 Å². The number of rotatable bonds is 8. The Labute approximate surface area is 194 Å². The van der Waals surface area contributed by atoms with Crippen LogP contribution in [0.4, 0.5) is 11.4 Å². The number of carbonyl (C=O) groups is 1. The zero-order valence-corrected chi connectivity index (χ0v) is 19.7. The van der Waals surface area contributed by atoms with E-state index in [1.165, 1.54) is 18.2 Å². The first kappa shape index (κ1) is 23.9. The van der Waals surface area contributed by atoms with Crippen LogP contribution in [0.3, 0.4) is 0 Å². The Morgan fingerprint density at radius 1 is 0.879 bits per heavy atom. The molecule has 0 atom stereocenters. The van der Waals surface area contributed by atoms with Crippen LogP contribution in [0, 0.1) is 13.8 Å². The van der Waals surface area contributed by atoms with E-state index >= 15 is 0 Å². The molecule has 0 saturated carbocycles. The highest BCUT2D eigenvalue weighted by molar-refractivity contribution is 7.92. The largest absolute Gasteiger partial charge is 0.493 e. The van der Waals surface area contributed by atoms with Crippen LogP contribution in [0.5, 0.6) is 11.5 Å². The van der Waals surface area contributed by atoms with E-state index in [4.69, 9.17) is 9.47 Å². The molecule has 0 bridgehead atoms. The maximum Gasteiger partial charge on any atom is 0.261 e. The summed E-state index contributed by atoms with van der Waals surface area (Å²) in [6.45, 7) is 3.79. The molecule has 7 nitrogen and oxygen atoms in total. The standard InChI is InChI=1S/C25H26N2O5S/c1-17-5-12-22(18(2)15-17)27-33(29,30)21-10-8-20(9-11-21)26-25(28)14-7-19-6-13-23(31-3)24(16-19)32-4/h5-16,27H,1-4H3,(H,26,28)/b14-7+. The van der Waals surface area contributed by atoms with Crippen molar-refractivity contribution < 1.29 is 22.7 Å². The average molecular weight is 467 g/mol. The van der Waals surface area contributed by atoms with Crippen molar-refractivity contribution >= 4 is 33.4 Å². The number of aryl methyl sites for hydroxylation is 2. The van der Waals surface area contributed by atoms with E-state index in [9.17, 15) is 13.2 Å². The topological polar surface area (TPSA) is 93.7 Å². The highest BCUT2D eigenvalue weighted by Crippen LogP contribution is 2.28. The van der Waals surface area contributed by atoms with Gasteiger partial charge in [0.2, 0.25) is 5.91 Å². The summed E-state index contributed by atoms with van der Waals surface area (Å²) in [4.78, 5) is 12.4. The van der Waals surface area contributed by atoms with Gasteiger partial charge in [-0.1, -0.05) is 23.8 Å². The smallest absolute Gasteiger partial charge is 0.261 e. The molecule has 0 aromatic heterocycles. The van der Waals surface area contributed by atoms with Crippen LogP contribution in [-0.2, 0) is 14.8 Å². The maximum absolute atomic E-state index is 12.7. The van der Waals surface area contributed by atoms with Crippen molar-refractivity contribution in [2.24, 2.45) is 0 Å². The Kier molecular flexibility index (Phi) is 7.40. The van der Waals surface area contributed by atoms with Gasteiger partial charge in [0.25, 0.3) is 10.0 Å². The van der Waals surface area contributed by atoms with Gasteiger partial charge in [0.1, 0.15) is 0 Å². The van der Waals surface area contributed by atoms with Crippen LogP contribution >= 0.6 is 0 Å². The fourth-order valence-electron chi connectivity index (χ4n) is 3.16. The lowest BCUT2D eigenvalue weighted by molar-refractivity contribution is -0.111. The molecule has 0 saturated heterocycles. The molecule has 33 heavy (non-hydrogen) atoms. The summed E-state index contributed by atoms with van der Waals surface area (Å²) in [7, 11) is -0.658. The molecule has 0 spiro atoms. The molecule has 172 valence electrons. The first-order valence-electron chi connectivity index (χ1n) is 10.1. The molecule has 0 aliphatic rings. The fraction of sp³-hybridized carbons (Fsp3) is 0.160. The van der Waals surface area contributed by atoms with E-state index in [-0.39, 0.29) is 10.8 Å². The lowest BCUT2D eigenvalue weighted by Crippen LogP contribution is -2.14. The Morgan fingerprint density at radius 2 is 1.58 bits per heavy atom. The molecule has 0 heterocycles. The number of sulfonamides is 1. The Morgan fingerprint density at radius 3 is 2.21 bits per heavy atom. The second-order valence-corrected chi connectivity index (χ2v) is 9.07. The number of anilines is 2. The first-order chi connectivity index (χ1) is 15.7. The molecule has 1 amide bonds. The lowest BCUT2D eigenvalue weighted by atomic mass is 10.1. The van der Waals surface area contributed by atoms with Gasteiger partial charge >= 0.3 is 0 Å². The zero-order valence-electron chi connectivity index (χ0n) is 18.9. The normalized spacial score (nSPS) is 11.3. The van der Waals surface area contributed by atoms with Gasteiger partial charge in [-0.25, -0.2) is 8.42 Å². The molecule has 2 N–H and O–H groups in total. The Bertz CT molecular complexity index is 1280. The van der Waals surface area contributed by atoms with Crippen molar-refractivity contribution in [1.29, 1.82) is 0 Å². The number of nitrogens with one attached hydrogen (secondary N) is 2. The number of carbonyl (C=O) groups excluding carboxylic acids is 1. The number of ether oxygens (including phenoxy) is 2. The van der Waals surface area contributed by atoms with Gasteiger partial charge < -0.3 is 14.8 Å². The molecule has 0 unspecified atom stereocenters. The highest BCUT2D eigenvalue weighted by atomic mass is 32.2. The van der Waals surface area contributed by atoms with E-state index in [0.29, 0.717) is 22.9 Å². The summed E-state index contributed by atoms with van der Waals surface area (Å²) in [6.07, 6.45) is 3.03. The summed E-state index contributed by atoms with van der Waals surface area (Å²) in [5, 5.41) is 2.71. The van der Waals surface area contributed by atoms with Gasteiger partial charge in [0, 0.05) is 11.8 Å². The van der Waals surface area contributed by atoms with Crippen molar-refractivity contribution in [3.8, 4) is 11.5 Å². The van der Waals surface area contributed by atoms with Crippen LogP contribution in [0.25, 0.3) is 6.08 Å². The van der Waals surface area contributed by atoms with E-state index in [1.807, 2.05) is 26.0 Å². The molecule has 0 radical (unpaired) electrons. The van der Waals surface area contributed by atoms with Crippen LogP contribution in [-0.4, -0.2) is 28.5 Å². The third-order valence-electron chi connectivity index (χ3n) is 4.89. The van der Waals surface area contributed by atoms with Gasteiger partial charge in [-0.05, 0) is 73.5 Å². The lowest BCUT2D eigenvalue weighted by Gasteiger charge is -2.11. The first-order valence-corrected chi connectivity index (χ1v) is 11.6. The predicted molar refractivity (Wildman–Crippen MR) is 130 cm³/mol. The van der Waals surface area contributed by atoms with Crippen LogP contribution in [0.1, 0.15) is 16.7 Å². The summed E-state index contributed by atoms with van der Waals surface area (Å²) in [5.41, 5.74) is 3.65. The predicted octanol–water partition coefficient (Wildman–Crippen LogP) is 4.77. The molecule has 0 aliphatic carbocycles. The van der Waals surface area contributed by atoms with Crippen LogP contribution in [0.15, 0.2) is 71.6 Å². The molecular formula is C25H26N2O5S. The van der Waals surface area contributed by atoms with Crippen molar-refractivity contribution in [1.82, 2.24) is 0 Å². The molecular weight excluding hydrogens is 440 g/mol. The number of benzene rings is 3. The highest BCUT2D eigenvalue weighted by Gasteiger charge is 2.15. The van der Waals surface area contributed by atoms with E-state index in [1.54, 1.807) is 56.7 Å². The van der Waals surface area contributed by atoms with Crippen LogP contribution < -0.4 is 19.5 Å². The van der Waals surface area contributed by atoms with Gasteiger partial charge in [-0.2, -0.15) is 0 Å². The van der Waals surface area contributed by atoms with Crippen molar-refractivity contribution in [2.45, 2.75) is 18.7 Å². The van der Waals surface area contributed by atoms with Gasteiger partial charge in [-0.3, -0.25) is 9.52 Å². The van der Waals surface area contributed by atoms with Crippen molar-refractivity contribution in [3.05, 3.63) is 83.4 Å². The summed E-state index contributed by atoms with van der Waals surface area (Å²) < 4.78 is 38.5. The van der Waals surface area contributed by atoms with Crippen molar-refractivity contribution in [2.75, 3.05) is 24.3 Å². The Hall–Kier alpha value is -3.78. The number of methoxy groups -OCH3 is 2. The molecule has 3 aromatic carbocycles. The third-order valence-corrected chi connectivity index (χ3v) is 6.27. The summed E-state index contributed by atoms with van der Waals surface area (Å²) >= 11 is 0. The Balaban J connectivity index is 1.66. The van der Waals surface area contributed by atoms with E-state index < -0.39 is 10.0 Å². The summed E-state index contributed by atoms with van der Waals surface area (Å²) in [6, 6.07) is 16.8. The number of hydrogen-bond acceptors (Lipinski definition) is 5. The maximum atomic E-state index is 12.7. The molecule has 8 heteroatoms. The van der Waals surface area contributed by atoms with Gasteiger partial charge in [0.15, 0.2) is 11.5 Å². The quantitative estimate of drug-likeness (QED) is 0.466. The molecule has 0 aliphatic heterocycles. The fourth-order valence-corrected chi connectivity index (χ4v) is 4.29. The minimum absolute atomic E-state index is 0.0985. The molecule has 3 aromatic rings. The van der Waals surface area contributed by atoms with Gasteiger partial charge in [-0.15, -0.1) is 0 Å². The zero-order chi connectivity index (χ0) is 24.0. The van der Waals surface area contributed by atoms with E-state index in [2.05, 4.69) is 10.0 Å². The minimum Gasteiger partial charge on any atom is -0.493 e. The number of hydrogen-bond donors (Lipinski definition) is 2. The molecule has 0 fully saturated rings.